The van der Waals surface area contributed by atoms with Crippen LogP contribution in [0.15, 0.2) is 55.0 Å². The lowest BCUT2D eigenvalue weighted by Crippen LogP contribution is -2.43. The van der Waals surface area contributed by atoms with Crippen molar-refractivity contribution in [2.45, 2.75) is 32.2 Å². The summed E-state index contributed by atoms with van der Waals surface area (Å²) in [5.41, 5.74) is 3.39. The van der Waals surface area contributed by atoms with Gasteiger partial charge in [0.15, 0.2) is 12.4 Å². The Hall–Kier alpha value is -4.14. The van der Waals surface area contributed by atoms with Crippen molar-refractivity contribution in [3.63, 3.8) is 0 Å². The van der Waals surface area contributed by atoms with Crippen LogP contribution in [0.2, 0.25) is 0 Å². The van der Waals surface area contributed by atoms with Crippen LogP contribution in [0.4, 0.5) is 11.4 Å². The van der Waals surface area contributed by atoms with Crippen LogP contribution >= 0.6 is 0 Å². The Kier molecular flexibility index (Phi) is 4.87. The maximum atomic E-state index is 13.6. The maximum absolute atomic E-state index is 13.6. The van der Waals surface area contributed by atoms with Crippen LogP contribution in [0.1, 0.15) is 35.3 Å². The molecule has 9 nitrogen and oxygen atoms in total. The third kappa shape index (κ3) is 3.92. The molecule has 3 aromatic rings. The molecule has 0 unspecified atom stereocenters. The molecule has 1 spiro atoms. The second-order valence-corrected chi connectivity index (χ2v) is 9.63. The van der Waals surface area contributed by atoms with Crippen molar-refractivity contribution in [3.05, 3.63) is 66.2 Å². The topological polar surface area (TPSA) is 106 Å². The fraction of sp³-hybridized carbons (Fsp3) is 0.308. The van der Waals surface area contributed by atoms with Crippen LogP contribution in [-0.2, 0) is 9.59 Å². The van der Waals surface area contributed by atoms with Crippen molar-refractivity contribution < 1.29 is 19.1 Å². The zero-order chi connectivity index (χ0) is 24.2. The molecule has 0 radical (unpaired) electrons. The van der Waals surface area contributed by atoms with Gasteiger partial charge in [0.05, 0.1) is 23.3 Å². The number of anilines is 2. The van der Waals surface area contributed by atoms with Crippen molar-refractivity contribution in [1.29, 1.82) is 0 Å². The average molecular weight is 472 g/mol. The molecule has 2 fully saturated rings. The first-order chi connectivity index (χ1) is 16.9. The van der Waals surface area contributed by atoms with Crippen LogP contribution in [0, 0.1) is 12.3 Å². The average Bonchev–Trinajstić information content (AvgIpc) is 3.28. The van der Waals surface area contributed by atoms with E-state index in [1.807, 2.05) is 42.0 Å². The molecule has 1 atom stereocenters. The summed E-state index contributed by atoms with van der Waals surface area (Å²) in [5.74, 6) is -0.356. The van der Waals surface area contributed by atoms with Gasteiger partial charge in [-0.25, -0.2) is 4.98 Å². The Labute approximate surface area is 202 Å². The zero-order valence-corrected chi connectivity index (χ0v) is 19.3. The number of rotatable bonds is 4. The quantitative estimate of drug-likeness (QED) is 0.608. The number of likely N-dealkylation sites (tertiary alicyclic amines) is 1. The summed E-state index contributed by atoms with van der Waals surface area (Å²) in [6.45, 7) is 2.33. The van der Waals surface area contributed by atoms with E-state index >= 15 is 0 Å². The Morgan fingerprint density at radius 3 is 2.69 bits per heavy atom. The number of benzene rings is 2. The molecule has 178 valence electrons. The van der Waals surface area contributed by atoms with E-state index < -0.39 is 6.04 Å². The molecule has 35 heavy (non-hydrogen) atoms. The summed E-state index contributed by atoms with van der Waals surface area (Å²) in [6, 6.07) is 12.0. The van der Waals surface area contributed by atoms with Gasteiger partial charge in [-0.3, -0.25) is 14.4 Å². The highest BCUT2D eigenvalue weighted by Crippen LogP contribution is 2.55. The van der Waals surface area contributed by atoms with Crippen molar-refractivity contribution >= 4 is 29.1 Å². The van der Waals surface area contributed by atoms with Gasteiger partial charge in [0.1, 0.15) is 6.04 Å². The second kappa shape index (κ2) is 7.97. The second-order valence-electron chi connectivity index (χ2n) is 9.63. The normalized spacial score (nSPS) is 19.6. The molecule has 2 aromatic carbocycles. The van der Waals surface area contributed by atoms with Gasteiger partial charge in [-0.2, -0.15) is 0 Å². The van der Waals surface area contributed by atoms with E-state index in [0.29, 0.717) is 35.7 Å². The molecule has 3 aliphatic rings. The smallest absolute Gasteiger partial charge is 0.262 e. The van der Waals surface area contributed by atoms with Gasteiger partial charge in [0.2, 0.25) is 5.91 Å². The number of para-hydroxylation sites is 1. The SMILES string of the molecule is Cc1cn(-c2ccc(NC(=O)[C@@H]3CC4(CC4)CN3C(=O)c3cccc4c3OCC(=O)N4)cc2)cn1. The molecule has 2 N–H and O–H groups in total. The molecule has 1 aromatic heterocycles. The number of aryl methyl sites for hydroxylation is 1. The Morgan fingerprint density at radius 1 is 1.17 bits per heavy atom. The highest BCUT2D eigenvalue weighted by molar-refractivity contribution is 6.06. The molecular formula is C26H25N5O4. The molecule has 1 saturated heterocycles. The van der Waals surface area contributed by atoms with E-state index in [-0.39, 0.29) is 29.7 Å². The number of fused-ring (bicyclic) bond motifs is 1. The van der Waals surface area contributed by atoms with E-state index in [0.717, 1.165) is 24.2 Å². The zero-order valence-electron chi connectivity index (χ0n) is 19.3. The number of amides is 3. The van der Waals surface area contributed by atoms with Crippen LogP contribution in [0.5, 0.6) is 5.75 Å². The van der Waals surface area contributed by atoms with E-state index in [1.54, 1.807) is 29.4 Å². The minimum absolute atomic E-state index is 0.0186. The fourth-order valence-electron chi connectivity index (χ4n) is 4.99. The summed E-state index contributed by atoms with van der Waals surface area (Å²) in [6.07, 6.45) is 6.35. The summed E-state index contributed by atoms with van der Waals surface area (Å²) in [4.78, 5) is 44.6. The van der Waals surface area contributed by atoms with E-state index in [2.05, 4.69) is 15.6 Å². The first kappa shape index (κ1) is 21.4. The monoisotopic (exact) mass is 471 g/mol. The van der Waals surface area contributed by atoms with Crippen LogP contribution < -0.4 is 15.4 Å². The van der Waals surface area contributed by atoms with E-state index in [9.17, 15) is 14.4 Å². The highest BCUT2D eigenvalue weighted by atomic mass is 16.5. The molecule has 3 amide bonds. The van der Waals surface area contributed by atoms with E-state index in [4.69, 9.17) is 4.74 Å². The molecule has 3 heterocycles. The van der Waals surface area contributed by atoms with Crippen LogP contribution in [0.25, 0.3) is 5.69 Å². The number of carbonyl (C=O) groups is 3. The van der Waals surface area contributed by atoms with Gasteiger partial charge in [0, 0.05) is 24.1 Å². The third-order valence-corrected chi connectivity index (χ3v) is 7.04. The highest BCUT2D eigenvalue weighted by Gasteiger charge is 2.55. The predicted molar refractivity (Wildman–Crippen MR) is 129 cm³/mol. The minimum atomic E-state index is -0.574. The number of nitrogens with one attached hydrogen (secondary N) is 2. The predicted octanol–water partition coefficient (Wildman–Crippen LogP) is 3.15. The van der Waals surface area contributed by atoms with Crippen molar-refractivity contribution in [2.24, 2.45) is 5.41 Å². The lowest BCUT2D eigenvalue weighted by Gasteiger charge is -2.26. The van der Waals surface area contributed by atoms with Gasteiger partial charge in [0.25, 0.3) is 11.8 Å². The van der Waals surface area contributed by atoms with E-state index in [1.165, 1.54) is 0 Å². The Morgan fingerprint density at radius 2 is 1.97 bits per heavy atom. The molecule has 1 saturated carbocycles. The number of hydrogen-bond donors (Lipinski definition) is 2. The number of imidazole rings is 1. The number of carbonyl (C=O) groups excluding carboxylic acids is 3. The van der Waals surface area contributed by atoms with Crippen molar-refractivity contribution in [3.8, 4) is 11.4 Å². The van der Waals surface area contributed by atoms with Gasteiger partial charge >= 0.3 is 0 Å². The summed E-state index contributed by atoms with van der Waals surface area (Å²) < 4.78 is 7.51. The fourth-order valence-corrected chi connectivity index (χ4v) is 4.99. The van der Waals surface area contributed by atoms with Crippen molar-refractivity contribution in [2.75, 3.05) is 23.8 Å². The summed E-state index contributed by atoms with van der Waals surface area (Å²) >= 11 is 0. The van der Waals surface area contributed by atoms with Crippen LogP contribution in [0.3, 0.4) is 0 Å². The minimum Gasteiger partial charge on any atom is -0.481 e. The van der Waals surface area contributed by atoms with Crippen molar-refractivity contribution in [1.82, 2.24) is 14.5 Å². The first-order valence-corrected chi connectivity index (χ1v) is 11.7. The molecule has 1 aliphatic carbocycles. The molecular weight excluding hydrogens is 446 g/mol. The third-order valence-electron chi connectivity index (χ3n) is 7.04. The number of ether oxygens (including phenoxy) is 1. The Bertz CT molecular complexity index is 1340. The first-order valence-electron chi connectivity index (χ1n) is 11.7. The van der Waals surface area contributed by atoms with Gasteiger partial charge in [-0.15, -0.1) is 0 Å². The van der Waals surface area contributed by atoms with Crippen LogP contribution in [-0.4, -0.2) is 51.4 Å². The summed E-state index contributed by atoms with van der Waals surface area (Å²) in [7, 11) is 0. The maximum Gasteiger partial charge on any atom is 0.262 e. The number of aromatic nitrogens is 2. The lowest BCUT2D eigenvalue weighted by atomic mass is 10.0. The molecule has 6 rings (SSSR count). The molecule has 0 bridgehead atoms. The molecule has 9 heteroatoms. The number of nitrogens with zero attached hydrogens (tertiary/aromatic N) is 3. The number of hydrogen-bond acceptors (Lipinski definition) is 5. The summed E-state index contributed by atoms with van der Waals surface area (Å²) in [5, 5.41) is 5.73. The van der Waals surface area contributed by atoms with Gasteiger partial charge < -0.3 is 24.8 Å². The standard InChI is InChI=1S/C26H25N5O4/c1-16-12-30(15-27-16)18-7-5-17(6-8-18)28-24(33)21-11-26(9-10-26)14-31(21)25(34)19-3-2-4-20-23(19)35-13-22(32)29-20/h2-8,12,15,21H,9-11,13-14H2,1H3,(H,28,33)(H,29,32)/t21-/m0/s1. The largest absolute Gasteiger partial charge is 0.481 e. The van der Waals surface area contributed by atoms with Gasteiger partial charge in [-0.1, -0.05) is 6.07 Å². The molecule has 2 aliphatic heterocycles. The lowest BCUT2D eigenvalue weighted by molar-refractivity contribution is -0.120. The van der Waals surface area contributed by atoms with Gasteiger partial charge in [-0.05, 0) is 68.0 Å². The Balaban J connectivity index is 1.22.